The van der Waals surface area contributed by atoms with Crippen molar-refractivity contribution in [1.29, 1.82) is 0 Å². The van der Waals surface area contributed by atoms with Gasteiger partial charge in [0.25, 0.3) is 5.89 Å². The van der Waals surface area contributed by atoms with Gasteiger partial charge in [-0.1, -0.05) is 47.6 Å². The molecule has 1 saturated heterocycles. The van der Waals surface area contributed by atoms with E-state index in [4.69, 9.17) is 4.52 Å². The highest BCUT2D eigenvalue weighted by atomic mass is 16.5. The first-order valence-corrected chi connectivity index (χ1v) is 10.7. The lowest BCUT2D eigenvalue weighted by Gasteiger charge is -2.17. The van der Waals surface area contributed by atoms with Crippen molar-refractivity contribution in [3.8, 4) is 22.8 Å². The zero-order chi connectivity index (χ0) is 22.8. The van der Waals surface area contributed by atoms with E-state index in [9.17, 15) is 9.59 Å². The lowest BCUT2D eigenvalue weighted by Crippen LogP contribution is -2.28. The second-order valence-corrected chi connectivity index (χ2v) is 8.10. The van der Waals surface area contributed by atoms with E-state index in [1.165, 1.54) is 0 Å². The fourth-order valence-corrected chi connectivity index (χ4v) is 3.91. The molecule has 2 amide bonds. The van der Waals surface area contributed by atoms with Crippen molar-refractivity contribution in [1.82, 2.24) is 10.1 Å². The molecule has 0 radical (unpaired) electrons. The molecule has 33 heavy (non-hydrogen) atoms. The highest BCUT2D eigenvalue weighted by molar-refractivity contribution is 6.03. The number of benzene rings is 3. The molecule has 0 bridgehead atoms. The van der Waals surface area contributed by atoms with E-state index in [0.29, 0.717) is 23.9 Å². The van der Waals surface area contributed by atoms with Crippen LogP contribution in [0.3, 0.4) is 0 Å². The number of aromatic nitrogens is 2. The summed E-state index contributed by atoms with van der Waals surface area (Å²) in [6.07, 6.45) is 0.197. The number of nitrogens with zero attached hydrogens (tertiary/aromatic N) is 3. The van der Waals surface area contributed by atoms with Gasteiger partial charge in [-0.2, -0.15) is 4.98 Å². The van der Waals surface area contributed by atoms with Gasteiger partial charge >= 0.3 is 0 Å². The van der Waals surface area contributed by atoms with Crippen molar-refractivity contribution in [2.75, 3.05) is 16.8 Å². The molecule has 1 fully saturated rings. The van der Waals surface area contributed by atoms with Crippen LogP contribution in [0.4, 0.5) is 11.4 Å². The summed E-state index contributed by atoms with van der Waals surface area (Å²) in [7, 11) is 0. The monoisotopic (exact) mass is 438 g/mol. The predicted molar refractivity (Wildman–Crippen MR) is 125 cm³/mol. The molecule has 4 aromatic rings. The van der Waals surface area contributed by atoms with Gasteiger partial charge in [-0.15, -0.1) is 0 Å². The Morgan fingerprint density at radius 3 is 2.55 bits per heavy atom. The molecular weight excluding hydrogens is 416 g/mol. The number of nitrogens with one attached hydrogen (secondary N) is 1. The number of carbonyl (C=O) groups excluding carboxylic acids is 2. The van der Waals surface area contributed by atoms with E-state index in [2.05, 4.69) is 15.5 Å². The van der Waals surface area contributed by atoms with Crippen LogP contribution >= 0.6 is 0 Å². The van der Waals surface area contributed by atoms with Crippen molar-refractivity contribution >= 4 is 23.2 Å². The van der Waals surface area contributed by atoms with Gasteiger partial charge in [-0.05, 0) is 48.9 Å². The van der Waals surface area contributed by atoms with Crippen LogP contribution in [0, 0.1) is 12.8 Å². The van der Waals surface area contributed by atoms with E-state index in [1.807, 2.05) is 73.7 Å². The zero-order valence-electron chi connectivity index (χ0n) is 18.1. The Balaban J connectivity index is 1.24. The van der Waals surface area contributed by atoms with Crippen LogP contribution in [-0.2, 0) is 9.59 Å². The first kappa shape index (κ1) is 20.6. The van der Waals surface area contributed by atoms with Crippen LogP contribution < -0.4 is 10.2 Å². The van der Waals surface area contributed by atoms with E-state index >= 15 is 0 Å². The first-order chi connectivity index (χ1) is 16.1. The van der Waals surface area contributed by atoms with Crippen molar-refractivity contribution in [2.24, 2.45) is 5.92 Å². The van der Waals surface area contributed by atoms with Gasteiger partial charge in [-0.25, -0.2) is 0 Å². The molecule has 2 heterocycles. The second-order valence-electron chi connectivity index (χ2n) is 8.10. The van der Waals surface area contributed by atoms with Gasteiger partial charge in [0.1, 0.15) is 0 Å². The number of hydrogen-bond donors (Lipinski definition) is 1. The maximum Gasteiger partial charge on any atom is 0.258 e. The average molecular weight is 438 g/mol. The Morgan fingerprint density at radius 1 is 1.00 bits per heavy atom. The SMILES string of the molecule is Cc1cccc(N2C[C@H](C(=O)Nc3ccc(-c4nc(-c5ccccc5)no4)cc3)CC2=O)c1. The summed E-state index contributed by atoms with van der Waals surface area (Å²) >= 11 is 0. The smallest absolute Gasteiger partial charge is 0.258 e. The van der Waals surface area contributed by atoms with Crippen molar-refractivity contribution in [3.05, 3.63) is 84.4 Å². The zero-order valence-corrected chi connectivity index (χ0v) is 18.1. The van der Waals surface area contributed by atoms with Gasteiger partial charge in [-0.3, -0.25) is 9.59 Å². The van der Waals surface area contributed by atoms with Gasteiger partial charge in [0, 0.05) is 35.5 Å². The summed E-state index contributed by atoms with van der Waals surface area (Å²) in [4.78, 5) is 31.4. The number of hydrogen-bond acceptors (Lipinski definition) is 5. The largest absolute Gasteiger partial charge is 0.334 e. The highest BCUT2D eigenvalue weighted by Gasteiger charge is 2.35. The molecule has 5 rings (SSSR count). The Hall–Kier alpha value is -4.26. The Morgan fingerprint density at radius 2 is 1.79 bits per heavy atom. The summed E-state index contributed by atoms with van der Waals surface area (Å²) < 4.78 is 5.39. The van der Waals surface area contributed by atoms with Crippen molar-refractivity contribution < 1.29 is 14.1 Å². The molecule has 164 valence electrons. The number of carbonyl (C=O) groups is 2. The second kappa shape index (κ2) is 8.70. The van der Waals surface area contributed by atoms with Gasteiger partial charge in [0.2, 0.25) is 17.6 Å². The molecule has 1 aliphatic heterocycles. The van der Waals surface area contributed by atoms with Crippen LogP contribution in [0.5, 0.6) is 0 Å². The van der Waals surface area contributed by atoms with E-state index in [1.54, 1.807) is 17.0 Å². The molecule has 1 atom stereocenters. The molecule has 0 aliphatic carbocycles. The number of rotatable bonds is 5. The molecule has 1 aromatic heterocycles. The third-order valence-corrected chi connectivity index (χ3v) is 5.67. The third-order valence-electron chi connectivity index (χ3n) is 5.67. The molecule has 1 aliphatic rings. The molecule has 0 saturated carbocycles. The van der Waals surface area contributed by atoms with E-state index in [-0.39, 0.29) is 18.2 Å². The fourth-order valence-electron chi connectivity index (χ4n) is 3.91. The van der Waals surface area contributed by atoms with Crippen LogP contribution in [0.2, 0.25) is 0 Å². The van der Waals surface area contributed by atoms with Crippen LogP contribution in [-0.4, -0.2) is 28.5 Å². The number of amides is 2. The van der Waals surface area contributed by atoms with Crippen LogP contribution in [0.25, 0.3) is 22.8 Å². The fraction of sp³-hybridized carbons (Fsp3) is 0.154. The molecular formula is C26H22N4O3. The minimum Gasteiger partial charge on any atom is -0.334 e. The lowest BCUT2D eigenvalue weighted by molar-refractivity contribution is -0.122. The van der Waals surface area contributed by atoms with Crippen LogP contribution in [0.1, 0.15) is 12.0 Å². The summed E-state index contributed by atoms with van der Waals surface area (Å²) in [5, 5.41) is 6.95. The van der Waals surface area contributed by atoms with Gasteiger partial charge < -0.3 is 14.7 Å². The topological polar surface area (TPSA) is 88.3 Å². The lowest BCUT2D eigenvalue weighted by atomic mass is 10.1. The Labute approximate surface area is 191 Å². The maximum atomic E-state index is 12.8. The summed E-state index contributed by atoms with van der Waals surface area (Å²) in [5.74, 6) is 0.313. The molecule has 0 unspecified atom stereocenters. The standard InChI is InChI=1S/C26H22N4O3/c1-17-6-5-9-22(14-17)30-16-20(15-23(30)31)25(32)27-21-12-10-19(11-13-21)26-28-24(29-33-26)18-7-3-2-4-8-18/h2-14,20H,15-16H2,1H3,(H,27,32)/t20-/m1/s1. The molecule has 1 N–H and O–H groups in total. The predicted octanol–water partition coefficient (Wildman–Crippen LogP) is 4.70. The van der Waals surface area contributed by atoms with Crippen molar-refractivity contribution in [2.45, 2.75) is 13.3 Å². The quantitative estimate of drug-likeness (QED) is 0.488. The summed E-state index contributed by atoms with van der Waals surface area (Å²) in [6.45, 7) is 2.35. The third kappa shape index (κ3) is 4.39. The first-order valence-electron chi connectivity index (χ1n) is 10.7. The number of aryl methyl sites for hydroxylation is 1. The van der Waals surface area contributed by atoms with Gasteiger partial charge in [0.15, 0.2) is 0 Å². The highest BCUT2D eigenvalue weighted by Crippen LogP contribution is 2.27. The minimum absolute atomic E-state index is 0.0401. The van der Waals surface area contributed by atoms with Crippen molar-refractivity contribution in [3.63, 3.8) is 0 Å². The minimum atomic E-state index is -0.401. The Bertz CT molecular complexity index is 1300. The van der Waals surface area contributed by atoms with E-state index < -0.39 is 5.92 Å². The molecule has 7 heteroatoms. The summed E-state index contributed by atoms with van der Waals surface area (Å²) in [6, 6.07) is 24.6. The molecule has 0 spiro atoms. The normalized spacial score (nSPS) is 15.6. The van der Waals surface area contributed by atoms with Crippen LogP contribution in [0.15, 0.2) is 83.4 Å². The Kier molecular flexibility index (Phi) is 5.44. The maximum absolute atomic E-state index is 12.8. The number of anilines is 2. The van der Waals surface area contributed by atoms with E-state index in [0.717, 1.165) is 22.4 Å². The molecule has 3 aromatic carbocycles. The van der Waals surface area contributed by atoms with Gasteiger partial charge in [0.05, 0.1) is 5.92 Å². The average Bonchev–Trinajstić information content (AvgIpc) is 3.48. The summed E-state index contributed by atoms with van der Waals surface area (Å²) in [5.41, 5.74) is 4.18. The molecule has 7 nitrogen and oxygen atoms in total.